The first-order valence-electron chi connectivity index (χ1n) is 5.75. The van der Waals surface area contributed by atoms with Gasteiger partial charge in [-0.1, -0.05) is 0 Å². The fraction of sp³-hybridized carbons (Fsp3) is 0.385. The molecular weight excluding hydrogens is 234 g/mol. The summed E-state index contributed by atoms with van der Waals surface area (Å²) < 4.78 is 9.77. The van der Waals surface area contributed by atoms with E-state index in [4.69, 9.17) is 15.2 Å². The molecular formula is C13H17NO4. The average molecular weight is 251 g/mol. The average Bonchev–Trinajstić information content (AvgIpc) is 2.32. The lowest BCUT2D eigenvalue weighted by Crippen LogP contribution is -2.12. The van der Waals surface area contributed by atoms with Gasteiger partial charge in [-0.25, -0.2) is 9.59 Å². The van der Waals surface area contributed by atoms with Gasteiger partial charge in [-0.05, 0) is 38.5 Å². The first kappa shape index (κ1) is 14.0. The normalized spacial score (nSPS) is 9.94. The molecule has 0 bridgehead atoms. The highest BCUT2D eigenvalue weighted by atomic mass is 16.5. The van der Waals surface area contributed by atoms with Crippen LogP contribution in [0.15, 0.2) is 12.1 Å². The molecule has 0 amide bonds. The van der Waals surface area contributed by atoms with Gasteiger partial charge in [0.25, 0.3) is 0 Å². The largest absolute Gasteiger partial charge is 0.462 e. The Kier molecular flexibility index (Phi) is 4.71. The Balaban J connectivity index is 3.18. The van der Waals surface area contributed by atoms with Gasteiger partial charge < -0.3 is 15.2 Å². The molecule has 0 aliphatic rings. The number of hydrogen-bond donors (Lipinski definition) is 1. The summed E-state index contributed by atoms with van der Waals surface area (Å²) in [6, 6.07) is 2.99. The van der Waals surface area contributed by atoms with Crippen molar-refractivity contribution in [1.82, 2.24) is 0 Å². The fourth-order valence-corrected chi connectivity index (χ4v) is 1.51. The number of rotatable bonds is 4. The first-order chi connectivity index (χ1) is 8.51. The lowest BCUT2D eigenvalue weighted by Gasteiger charge is -2.10. The summed E-state index contributed by atoms with van der Waals surface area (Å²) in [7, 11) is 0. The van der Waals surface area contributed by atoms with E-state index in [1.54, 1.807) is 26.8 Å². The smallest absolute Gasteiger partial charge is 0.340 e. The van der Waals surface area contributed by atoms with Crippen molar-refractivity contribution in [1.29, 1.82) is 0 Å². The second-order valence-corrected chi connectivity index (χ2v) is 3.70. The molecule has 0 heterocycles. The molecule has 0 saturated carbocycles. The summed E-state index contributed by atoms with van der Waals surface area (Å²) in [5, 5.41) is 0. The molecule has 0 saturated heterocycles. The first-order valence-corrected chi connectivity index (χ1v) is 5.75. The second kappa shape index (κ2) is 6.05. The number of hydrogen-bond acceptors (Lipinski definition) is 5. The van der Waals surface area contributed by atoms with Crippen molar-refractivity contribution in [2.75, 3.05) is 18.9 Å². The molecule has 0 radical (unpaired) electrons. The van der Waals surface area contributed by atoms with E-state index in [1.165, 1.54) is 6.07 Å². The molecule has 5 heteroatoms. The van der Waals surface area contributed by atoms with Crippen molar-refractivity contribution >= 4 is 17.6 Å². The van der Waals surface area contributed by atoms with Crippen molar-refractivity contribution < 1.29 is 19.1 Å². The minimum Gasteiger partial charge on any atom is -0.462 e. The third kappa shape index (κ3) is 3.00. The molecule has 0 aromatic heterocycles. The van der Waals surface area contributed by atoms with Crippen LogP contribution in [0.2, 0.25) is 0 Å². The lowest BCUT2D eigenvalue weighted by molar-refractivity contribution is 0.0526. The quantitative estimate of drug-likeness (QED) is 0.653. The Morgan fingerprint density at radius 1 is 1.11 bits per heavy atom. The Morgan fingerprint density at radius 2 is 1.67 bits per heavy atom. The van der Waals surface area contributed by atoms with Crippen LogP contribution in [-0.2, 0) is 9.47 Å². The van der Waals surface area contributed by atoms with E-state index >= 15 is 0 Å². The molecule has 98 valence electrons. The van der Waals surface area contributed by atoms with E-state index in [0.29, 0.717) is 16.8 Å². The van der Waals surface area contributed by atoms with Crippen LogP contribution in [0.3, 0.4) is 0 Å². The molecule has 1 aromatic rings. The second-order valence-electron chi connectivity index (χ2n) is 3.70. The number of aryl methyl sites for hydroxylation is 1. The molecule has 0 aliphatic carbocycles. The number of ether oxygens (including phenoxy) is 2. The van der Waals surface area contributed by atoms with Crippen LogP contribution in [0.1, 0.15) is 40.1 Å². The fourth-order valence-electron chi connectivity index (χ4n) is 1.51. The van der Waals surface area contributed by atoms with Crippen LogP contribution in [0.25, 0.3) is 0 Å². The van der Waals surface area contributed by atoms with Gasteiger partial charge >= 0.3 is 11.9 Å². The zero-order valence-electron chi connectivity index (χ0n) is 10.8. The number of benzene rings is 1. The van der Waals surface area contributed by atoms with Gasteiger partial charge in [0.2, 0.25) is 0 Å². The monoisotopic (exact) mass is 251 g/mol. The van der Waals surface area contributed by atoms with Gasteiger partial charge in [0.05, 0.1) is 24.3 Å². The maximum absolute atomic E-state index is 11.7. The van der Waals surface area contributed by atoms with E-state index in [2.05, 4.69) is 0 Å². The van der Waals surface area contributed by atoms with E-state index < -0.39 is 11.9 Å². The van der Waals surface area contributed by atoms with E-state index in [0.717, 1.165) is 0 Å². The van der Waals surface area contributed by atoms with Gasteiger partial charge in [-0.15, -0.1) is 0 Å². The summed E-state index contributed by atoms with van der Waals surface area (Å²) in [6.45, 7) is 5.67. The summed E-state index contributed by atoms with van der Waals surface area (Å²) in [4.78, 5) is 23.3. The maximum Gasteiger partial charge on any atom is 0.340 e. The van der Waals surface area contributed by atoms with Crippen LogP contribution >= 0.6 is 0 Å². The zero-order chi connectivity index (χ0) is 13.7. The highest BCUT2D eigenvalue weighted by molar-refractivity contribution is 6.00. The van der Waals surface area contributed by atoms with Gasteiger partial charge in [0.1, 0.15) is 0 Å². The number of esters is 2. The summed E-state index contributed by atoms with van der Waals surface area (Å²) in [5.74, 6) is -1.02. The third-order valence-corrected chi connectivity index (χ3v) is 2.39. The molecule has 18 heavy (non-hydrogen) atoms. The molecule has 1 rings (SSSR count). The van der Waals surface area contributed by atoms with Crippen LogP contribution in [-0.4, -0.2) is 25.2 Å². The number of nitrogens with two attached hydrogens (primary N) is 1. The Bertz CT molecular complexity index is 468. The Morgan fingerprint density at radius 3 is 2.22 bits per heavy atom. The standard InChI is InChI=1S/C13H17NO4/c1-4-17-12(15)9-6-8(3)11(14)10(7-9)13(16)18-5-2/h6-7H,4-5,14H2,1-3H3. The number of carbonyl (C=O) groups excluding carboxylic acids is 2. The van der Waals surface area contributed by atoms with Crippen molar-refractivity contribution in [3.8, 4) is 0 Å². The van der Waals surface area contributed by atoms with Gasteiger partial charge in [0, 0.05) is 5.69 Å². The maximum atomic E-state index is 11.7. The Labute approximate surface area is 106 Å². The predicted octanol–water partition coefficient (Wildman–Crippen LogP) is 1.93. The van der Waals surface area contributed by atoms with Crippen LogP contribution in [0.4, 0.5) is 5.69 Å². The van der Waals surface area contributed by atoms with Gasteiger partial charge in [-0.3, -0.25) is 0 Å². The highest BCUT2D eigenvalue weighted by Crippen LogP contribution is 2.21. The topological polar surface area (TPSA) is 78.6 Å². The van der Waals surface area contributed by atoms with E-state index in [1.807, 2.05) is 0 Å². The predicted molar refractivity (Wildman–Crippen MR) is 67.5 cm³/mol. The van der Waals surface area contributed by atoms with Crippen molar-refractivity contribution in [2.45, 2.75) is 20.8 Å². The van der Waals surface area contributed by atoms with Crippen LogP contribution in [0.5, 0.6) is 0 Å². The van der Waals surface area contributed by atoms with Crippen molar-refractivity contribution in [2.24, 2.45) is 0 Å². The number of anilines is 1. The van der Waals surface area contributed by atoms with Crippen LogP contribution in [0, 0.1) is 6.92 Å². The zero-order valence-corrected chi connectivity index (χ0v) is 10.8. The number of carbonyl (C=O) groups is 2. The minimum absolute atomic E-state index is 0.194. The molecule has 0 spiro atoms. The highest BCUT2D eigenvalue weighted by Gasteiger charge is 2.17. The molecule has 2 N–H and O–H groups in total. The SMILES string of the molecule is CCOC(=O)c1cc(C)c(N)c(C(=O)OCC)c1. The number of nitrogen functional groups attached to an aromatic ring is 1. The molecule has 1 aromatic carbocycles. The lowest BCUT2D eigenvalue weighted by atomic mass is 10.0. The van der Waals surface area contributed by atoms with E-state index in [9.17, 15) is 9.59 Å². The molecule has 0 fully saturated rings. The van der Waals surface area contributed by atoms with Crippen molar-refractivity contribution in [3.05, 3.63) is 28.8 Å². The summed E-state index contributed by atoms with van der Waals surface area (Å²) >= 11 is 0. The minimum atomic E-state index is -0.538. The summed E-state index contributed by atoms with van der Waals surface area (Å²) in [6.07, 6.45) is 0. The Hall–Kier alpha value is -2.04. The molecule has 0 unspecified atom stereocenters. The van der Waals surface area contributed by atoms with Gasteiger partial charge in [0.15, 0.2) is 0 Å². The van der Waals surface area contributed by atoms with E-state index in [-0.39, 0.29) is 18.8 Å². The molecule has 5 nitrogen and oxygen atoms in total. The molecule has 0 atom stereocenters. The van der Waals surface area contributed by atoms with Gasteiger partial charge in [-0.2, -0.15) is 0 Å². The van der Waals surface area contributed by atoms with Crippen LogP contribution < -0.4 is 5.73 Å². The van der Waals surface area contributed by atoms with Crippen molar-refractivity contribution in [3.63, 3.8) is 0 Å². The molecule has 0 aliphatic heterocycles. The summed E-state index contributed by atoms with van der Waals surface area (Å²) in [5.41, 5.74) is 7.26. The third-order valence-electron chi connectivity index (χ3n) is 2.39.